The standard InChI is InChI=1S/C27H40N2O7/c1-4-11-28-25(33)36-23-9-10-26(2)18(19(31)6-8-22(26)27(23,3)15-30)13-24(32)29-14-17-5-7-20-21(12-17)35-16-34-20/h5,7,12,18-19,22-23,30-31H,4,6,8-11,13-16H2,1-3H3,(H,28,33)(H,29,32). The predicted octanol–water partition coefficient (Wildman–Crippen LogP) is 3.11. The van der Waals surface area contributed by atoms with E-state index >= 15 is 0 Å². The normalized spacial score (nSPS) is 32.9. The molecule has 3 aliphatic rings. The Labute approximate surface area is 212 Å². The van der Waals surface area contributed by atoms with Gasteiger partial charge in [-0.15, -0.1) is 0 Å². The molecule has 0 spiro atoms. The second-order valence-electron chi connectivity index (χ2n) is 11.0. The number of benzene rings is 1. The SMILES string of the molecule is CCCNC(=O)OC1CCC2(C)C(CC(=O)NCc3ccc4c(c3)OCO4)C(O)CCC2C1(C)CO. The molecule has 6 unspecified atom stereocenters. The number of hydrogen-bond donors (Lipinski definition) is 4. The second-order valence-corrected chi connectivity index (χ2v) is 11.0. The van der Waals surface area contributed by atoms with Gasteiger partial charge in [0, 0.05) is 24.9 Å². The van der Waals surface area contributed by atoms with Gasteiger partial charge in [0.2, 0.25) is 12.7 Å². The molecule has 200 valence electrons. The molecule has 4 rings (SSSR count). The average molecular weight is 505 g/mol. The number of alkyl carbamates (subject to hydrolysis) is 1. The van der Waals surface area contributed by atoms with E-state index in [0.29, 0.717) is 50.3 Å². The van der Waals surface area contributed by atoms with Gasteiger partial charge in [0.25, 0.3) is 0 Å². The number of aliphatic hydroxyl groups is 2. The van der Waals surface area contributed by atoms with Crippen molar-refractivity contribution in [1.82, 2.24) is 10.6 Å². The Morgan fingerprint density at radius 1 is 1.14 bits per heavy atom. The van der Waals surface area contributed by atoms with Crippen molar-refractivity contribution >= 4 is 12.0 Å². The second kappa shape index (κ2) is 10.8. The third-order valence-corrected chi connectivity index (χ3v) is 8.78. The van der Waals surface area contributed by atoms with E-state index in [9.17, 15) is 19.8 Å². The van der Waals surface area contributed by atoms with Crippen molar-refractivity contribution in [3.8, 4) is 11.5 Å². The molecule has 0 aromatic heterocycles. The topological polar surface area (TPSA) is 126 Å². The maximum atomic E-state index is 13.0. The van der Waals surface area contributed by atoms with Crippen LogP contribution in [0.1, 0.15) is 64.9 Å². The van der Waals surface area contributed by atoms with Gasteiger partial charge in [-0.25, -0.2) is 4.79 Å². The van der Waals surface area contributed by atoms with Gasteiger partial charge in [-0.1, -0.05) is 26.8 Å². The minimum atomic E-state index is -0.655. The van der Waals surface area contributed by atoms with E-state index in [2.05, 4.69) is 17.6 Å². The van der Waals surface area contributed by atoms with Crippen molar-refractivity contribution in [1.29, 1.82) is 0 Å². The van der Waals surface area contributed by atoms with Gasteiger partial charge in [-0.2, -0.15) is 0 Å². The molecule has 2 amide bonds. The van der Waals surface area contributed by atoms with Crippen LogP contribution in [0.5, 0.6) is 11.5 Å². The lowest BCUT2D eigenvalue weighted by atomic mass is 9.46. The molecular formula is C27H40N2O7. The highest BCUT2D eigenvalue weighted by Crippen LogP contribution is 2.61. The number of fused-ring (bicyclic) bond motifs is 2. The maximum absolute atomic E-state index is 13.0. The molecule has 0 radical (unpaired) electrons. The van der Waals surface area contributed by atoms with Crippen molar-refractivity contribution in [2.75, 3.05) is 19.9 Å². The van der Waals surface area contributed by atoms with Crippen LogP contribution in [0.15, 0.2) is 18.2 Å². The molecule has 36 heavy (non-hydrogen) atoms. The van der Waals surface area contributed by atoms with Crippen LogP contribution >= 0.6 is 0 Å². The summed E-state index contributed by atoms with van der Waals surface area (Å²) < 4.78 is 16.5. The number of hydrogen-bond acceptors (Lipinski definition) is 7. The summed E-state index contributed by atoms with van der Waals surface area (Å²) in [6.07, 6.45) is 2.06. The lowest BCUT2D eigenvalue weighted by molar-refractivity contribution is -0.186. The highest BCUT2D eigenvalue weighted by molar-refractivity contribution is 5.76. The summed E-state index contributed by atoms with van der Waals surface area (Å²) in [6, 6.07) is 5.59. The van der Waals surface area contributed by atoms with Crippen LogP contribution < -0.4 is 20.1 Å². The van der Waals surface area contributed by atoms with Crippen LogP contribution in [-0.4, -0.2) is 54.4 Å². The Morgan fingerprint density at radius 2 is 1.92 bits per heavy atom. The lowest BCUT2D eigenvalue weighted by Crippen LogP contribution is -2.61. The minimum Gasteiger partial charge on any atom is -0.454 e. The van der Waals surface area contributed by atoms with Gasteiger partial charge in [-0.3, -0.25) is 4.79 Å². The zero-order valence-corrected chi connectivity index (χ0v) is 21.5. The number of nitrogens with one attached hydrogen (secondary N) is 2. The van der Waals surface area contributed by atoms with E-state index in [4.69, 9.17) is 14.2 Å². The number of carbonyl (C=O) groups excluding carboxylic acids is 2. The highest BCUT2D eigenvalue weighted by atomic mass is 16.7. The summed E-state index contributed by atoms with van der Waals surface area (Å²) in [5.74, 6) is 0.993. The van der Waals surface area contributed by atoms with Gasteiger partial charge in [0.05, 0.1) is 12.7 Å². The summed E-state index contributed by atoms with van der Waals surface area (Å²) in [6.45, 7) is 7.04. The van der Waals surface area contributed by atoms with Crippen LogP contribution in [0.3, 0.4) is 0 Å². The fourth-order valence-electron chi connectivity index (χ4n) is 6.70. The van der Waals surface area contributed by atoms with Crippen LogP contribution in [0.25, 0.3) is 0 Å². The molecule has 9 nitrogen and oxygen atoms in total. The quantitative estimate of drug-likeness (QED) is 0.428. The average Bonchev–Trinajstić information content (AvgIpc) is 3.33. The molecule has 1 aliphatic heterocycles. The van der Waals surface area contributed by atoms with Crippen LogP contribution in [0.4, 0.5) is 4.79 Å². The third kappa shape index (κ3) is 5.13. The number of amides is 2. The number of carbonyl (C=O) groups is 2. The molecule has 2 aliphatic carbocycles. The first-order valence-corrected chi connectivity index (χ1v) is 13.1. The number of ether oxygens (including phenoxy) is 3. The van der Waals surface area contributed by atoms with Crippen molar-refractivity contribution in [3.05, 3.63) is 23.8 Å². The first-order valence-electron chi connectivity index (χ1n) is 13.1. The Morgan fingerprint density at radius 3 is 2.67 bits per heavy atom. The third-order valence-electron chi connectivity index (χ3n) is 8.78. The Balaban J connectivity index is 1.43. The van der Waals surface area contributed by atoms with Gasteiger partial charge in [0.1, 0.15) is 6.10 Å². The molecule has 2 saturated carbocycles. The van der Waals surface area contributed by atoms with Gasteiger partial charge < -0.3 is 35.1 Å². The van der Waals surface area contributed by atoms with E-state index < -0.39 is 23.7 Å². The summed E-state index contributed by atoms with van der Waals surface area (Å²) in [5, 5.41) is 27.2. The molecule has 9 heteroatoms. The summed E-state index contributed by atoms with van der Waals surface area (Å²) >= 11 is 0. The van der Waals surface area contributed by atoms with Crippen LogP contribution in [0, 0.1) is 22.7 Å². The Kier molecular flexibility index (Phi) is 7.99. The summed E-state index contributed by atoms with van der Waals surface area (Å²) in [4.78, 5) is 25.3. The van der Waals surface area contributed by atoms with Gasteiger partial charge in [-0.05, 0) is 67.1 Å². The lowest BCUT2D eigenvalue weighted by Gasteiger charge is -2.60. The smallest absolute Gasteiger partial charge is 0.407 e. The molecule has 4 N–H and O–H groups in total. The molecule has 1 aromatic carbocycles. The highest BCUT2D eigenvalue weighted by Gasteiger charge is 2.60. The molecule has 2 fully saturated rings. The Bertz CT molecular complexity index is 956. The van der Waals surface area contributed by atoms with E-state index in [1.165, 1.54) is 0 Å². The molecule has 1 heterocycles. The van der Waals surface area contributed by atoms with Crippen molar-refractivity contribution in [3.63, 3.8) is 0 Å². The fraction of sp³-hybridized carbons (Fsp3) is 0.704. The van der Waals surface area contributed by atoms with Crippen LogP contribution in [-0.2, 0) is 16.1 Å². The zero-order valence-electron chi connectivity index (χ0n) is 21.5. The van der Waals surface area contributed by atoms with Crippen LogP contribution in [0.2, 0.25) is 0 Å². The first kappa shape index (κ1) is 26.5. The van der Waals surface area contributed by atoms with E-state index in [0.717, 1.165) is 12.0 Å². The van der Waals surface area contributed by atoms with Crippen molar-refractivity contribution in [2.45, 2.75) is 78.0 Å². The molecule has 6 atom stereocenters. The molecule has 0 saturated heterocycles. The van der Waals surface area contributed by atoms with E-state index in [1.807, 2.05) is 32.0 Å². The fourth-order valence-corrected chi connectivity index (χ4v) is 6.70. The van der Waals surface area contributed by atoms with Gasteiger partial charge in [0.15, 0.2) is 11.5 Å². The summed E-state index contributed by atoms with van der Waals surface area (Å²) in [5.41, 5.74) is -0.115. The van der Waals surface area contributed by atoms with Crippen molar-refractivity contribution < 1.29 is 34.0 Å². The molecular weight excluding hydrogens is 464 g/mol. The van der Waals surface area contributed by atoms with E-state index in [-0.39, 0.29) is 43.0 Å². The zero-order chi connectivity index (χ0) is 25.9. The maximum Gasteiger partial charge on any atom is 0.407 e. The largest absolute Gasteiger partial charge is 0.454 e. The van der Waals surface area contributed by atoms with E-state index in [1.54, 1.807) is 0 Å². The van der Waals surface area contributed by atoms with Crippen molar-refractivity contribution in [2.24, 2.45) is 22.7 Å². The predicted molar refractivity (Wildman–Crippen MR) is 132 cm³/mol. The first-order chi connectivity index (χ1) is 17.2. The van der Waals surface area contributed by atoms with Gasteiger partial charge >= 0.3 is 6.09 Å². The number of aliphatic hydroxyl groups excluding tert-OH is 2. The molecule has 1 aromatic rings. The molecule has 0 bridgehead atoms. The summed E-state index contributed by atoms with van der Waals surface area (Å²) in [7, 11) is 0. The number of rotatable bonds is 8. The minimum absolute atomic E-state index is 0.00258. The Hall–Kier alpha value is -2.52. The monoisotopic (exact) mass is 504 g/mol.